The number of carbonyl (C=O) groups is 1. The molecule has 23 heavy (non-hydrogen) atoms. The highest BCUT2D eigenvalue weighted by Gasteiger charge is 2.07. The zero-order chi connectivity index (χ0) is 16.1. The first-order chi connectivity index (χ1) is 11.2. The van der Waals surface area contributed by atoms with E-state index in [0.717, 1.165) is 35.1 Å². The molecule has 0 unspecified atom stereocenters. The molecule has 1 heterocycles. The molecule has 0 fully saturated rings. The average molecular weight is 328 g/mol. The van der Waals surface area contributed by atoms with Crippen LogP contribution in [-0.2, 0) is 17.6 Å². The molecule has 0 saturated heterocycles. The van der Waals surface area contributed by atoms with Crippen LogP contribution >= 0.6 is 11.6 Å². The number of fused-ring (bicyclic) bond motifs is 1. The van der Waals surface area contributed by atoms with Crippen LogP contribution in [0.25, 0.3) is 11.0 Å². The zero-order valence-corrected chi connectivity index (χ0v) is 13.5. The molecule has 3 aromatic rings. The Kier molecular flexibility index (Phi) is 4.99. The summed E-state index contributed by atoms with van der Waals surface area (Å²) in [5.74, 6) is 0.939. The van der Waals surface area contributed by atoms with Crippen molar-refractivity contribution in [2.45, 2.75) is 19.3 Å². The number of halogens is 1. The molecule has 1 amide bonds. The molecule has 4 heteroatoms. The molecule has 1 N–H and O–H groups in total. The SMILES string of the molecule is O=C(Cc1ccccc1Cl)NCCCc1cc2ccccc2o1. The Balaban J connectivity index is 1.44. The summed E-state index contributed by atoms with van der Waals surface area (Å²) in [6.07, 6.45) is 1.96. The van der Waals surface area contributed by atoms with Crippen molar-refractivity contribution in [3.63, 3.8) is 0 Å². The molecule has 1 aromatic heterocycles. The van der Waals surface area contributed by atoms with Gasteiger partial charge in [0.05, 0.1) is 6.42 Å². The van der Waals surface area contributed by atoms with Crippen LogP contribution in [0.2, 0.25) is 5.02 Å². The third kappa shape index (κ3) is 4.14. The third-order valence-electron chi connectivity index (χ3n) is 3.71. The van der Waals surface area contributed by atoms with Gasteiger partial charge in [-0.05, 0) is 30.2 Å². The van der Waals surface area contributed by atoms with E-state index in [4.69, 9.17) is 16.0 Å². The normalized spacial score (nSPS) is 10.8. The van der Waals surface area contributed by atoms with Crippen LogP contribution < -0.4 is 5.32 Å². The minimum absolute atomic E-state index is 0.0114. The van der Waals surface area contributed by atoms with Crippen molar-refractivity contribution in [3.05, 3.63) is 70.9 Å². The summed E-state index contributed by atoms with van der Waals surface area (Å²) in [6, 6.07) is 17.4. The van der Waals surface area contributed by atoms with E-state index in [0.29, 0.717) is 18.0 Å². The minimum Gasteiger partial charge on any atom is -0.461 e. The summed E-state index contributed by atoms with van der Waals surface area (Å²) in [5.41, 5.74) is 1.76. The third-order valence-corrected chi connectivity index (χ3v) is 4.08. The van der Waals surface area contributed by atoms with E-state index in [2.05, 4.69) is 11.4 Å². The summed E-state index contributed by atoms with van der Waals surface area (Å²) in [4.78, 5) is 11.9. The zero-order valence-electron chi connectivity index (χ0n) is 12.7. The van der Waals surface area contributed by atoms with Crippen LogP contribution in [0, 0.1) is 0 Å². The molecular weight excluding hydrogens is 310 g/mol. The molecule has 0 aliphatic rings. The second-order valence-corrected chi connectivity index (χ2v) is 5.88. The average Bonchev–Trinajstić information content (AvgIpc) is 2.96. The number of aryl methyl sites for hydroxylation is 1. The van der Waals surface area contributed by atoms with Crippen LogP contribution in [0.5, 0.6) is 0 Å². The van der Waals surface area contributed by atoms with E-state index in [9.17, 15) is 4.79 Å². The molecule has 3 rings (SSSR count). The van der Waals surface area contributed by atoms with Crippen molar-refractivity contribution in [1.82, 2.24) is 5.32 Å². The van der Waals surface area contributed by atoms with Crippen molar-refractivity contribution >= 4 is 28.5 Å². The van der Waals surface area contributed by atoms with Crippen LogP contribution in [0.3, 0.4) is 0 Å². The van der Waals surface area contributed by atoms with Gasteiger partial charge in [-0.2, -0.15) is 0 Å². The maximum Gasteiger partial charge on any atom is 0.224 e. The Hall–Kier alpha value is -2.26. The van der Waals surface area contributed by atoms with E-state index in [1.54, 1.807) is 6.07 Å². The van der Waals surface area contributed by atoms with Gasteiger partial charge in [-0.3, -0.25) is 4.79 Å². The van der Waals surface area contributed by atoms with Gasteiger partial charge in [-0.25, -0.2) is 0 Å². The van der Waals surface area contributed by atoms with Gasteiger partial charge in [-0.1, -0.05) is 48.0 Å². The highest BCUT2D eigenvalue weighted by molar-refractivity contribution is 6.31. The quantitative estimate of drug-likeness (QED) is 0.683. The largest absolute Gasteiger partial charge is 0.461 e. The number of benzene rings is 2. The highest BCUT2D eigenvalue weighted by atomic mass is 35.5. The van der Waals surface area contributed by atoms with Gasteiger partial charge in [0, 0.05) is 23.4 Å². The van der Waals surface area contributed by atoms with Gasteiger partial charge >= 0.3 is 0 Å². The Morgan fingerprint density at radius 1 is 1.09 bits per heavy atom. The first-order valence-electron chi connectivity index (χ1n) is 7.70. The molecule has 0 radical (unpaired) electrons. The van der Waals surface area contributed by atoms with Crippen molar-refractivity contribution < 1.29 is 9.21 Å². The lowest BCUT2D eigenvalue weighted by molar-refractivity contribution is -0.120. The Bertz CT molecular complexity index is 777. The van der Waals surface area contributed by atoms with Crippen LogP contribution in [0.1, 0.15) is 17.7 Å². The monoisotopic (exact) mass is 327 g/mol. The first kappa shape index (κ1) is 15.6. The van der Waals surface area contributed by atoms with Gasteiger partial charge in [0.1, 0.15) is 11.3 Å². The van der Waals surface area contributed by atoms with Crippen LogP contribution in [0.4, 0.5) is 0 Å². The van der Waals surface area contributed by atoms with Gasteiger partial charge < -0.3 is 9.73 Å². The van der Waals surface area contributed by atoms with Gasteiger partial charge in [0.15, 0.2) is 0 Å². The Morgan fingerprint density at radius 2 is 1.87 bits per heavy atom. The second-order valence-electron chi connectivity index (χ2n) is 5.47. The van der Waals surface area contributed by atoms with Crippen molar-refractivity contribution in [2.24, 2.45) is 0 Å². The van der Waals surface area contributed by atoms with Crippen LogP contribution in [0.15, 0.2) is 59.0 Å². The standard InChI is InChI=1S/C19H18ClNO2/c20-17-9-3-1-6-14(17)13-19(22)21-11-5-8-16-12-15-7-2-4-10-18(15)23-16/h1-4,6-7,9-10,12H,5,8,11,13H2,(H,21,22). The maximum absolute atomic E-state index is 11.9. The lowest BCUT2D eigenvalue weighted by Crippen LogP contribution is -2.26. The fourth-order valence-corrected chi connectivity index (χ4v) is 2.73. The number of hydrogen-bond acceptors (Lipinski definition) is 2. The highest BCUT2D eigenvalue weighted by Crippen LogP contribution is 2.19. The predicted octanol–water partition coefficient (Wildman–Crippen LogP) is 4.38. The Labute approximate surface area is 140 Å². The molecule has 3 nitrogen and oxygen atoms in total. The summed E-state index contributed by atoms with van der Waals surface area (Å²) < 4.78 is 5.76. The van der Waals surface area contributed by atoms with Gasteiger partial charge in [0.25, 0.3) is 0 Å². The molecule has 2 aromatic carbocycles. The minimum atomic E-state index is -0.0114. The summed E-state index contributed by atoms with van der Waals surface area (Å²) in [7, 11) is 0. The first-order valence-corrected chi connectivity index (χ1v) is 8.08. The fourth-order valence-electron chi connectivity index (χ4n) is 2.53. The van der Waals surface area contributed by atoms with Crippen molar-refractivity contribution in [3.8, 4) is 0 Å². The summed E-state index contributed by atoms with van der Waals surface area (Å²) in [6.45, 7) is 0.625. The van der Waals surface area contributed by atoms with Crippen molar-refractivity contribution in [2.75, 3.05) is 6.54 Å². The number of rotatable bonds is 6. The molecule has 0 aliphatic heterocycles. The number of para-hydroxylation sites is 1. The van der Waals surface area contributed by atoms with Gasteiger partial charge in [0.2, 0.25) is 5.91 Å². The molecule has 0 spiro atoms. The van der Waals surface area contributed by atoms with E-state index in [1.807, 2.05) is 42.5 Å². The lowest BCUT2D eigenvalue weighted by atomic mass is 10.1. The van der Waals surface area contributed by atoms with Gasteiger partial charge in [-0.15, -0.1) is 0 Å². The van der Waals surface area contributed by atoms with Crippen LogP contribution in [-0.4, -0.2) is 12.5 Å². The summed E-state index contributed by atoms with van der Waals surface area (Å²) in [5, 5.41) is 4.67. The van der Waals surface area contributed by atoms with E-state index in [1.165, 1.54) is 0 Å². The maximum atomic E-state index is 11.9. The second kappa shape index (κ2) is 7.34. The number of hydrogen-bond donors (Lipinski definition) is 1. The molecular formula is C19H18ClNO2. The number of furan rings is 1. The van der Waals surface area contributed by atoms with E-state index < -0.39 is 0 Å². The molecule has 0 aliphatic carbocycles. The topological polar surface area (TPSA) is 42.2 Å². The molecule has 0 atom stereocenters. The van der Waals surface area contributed by atoms with Crippen molar-refractivity contribution in [1.29, 1.82) is 0 Å². The van der Waals surface area contributed by atoms with E-state index >= 15 is 0 Å². The summed E-state index contributed by atoms with van der Waals surface area (Å²) >= 11 is 6.06. The molecule has 0 bridgehead atoms. The fraction of sp³-hybridized carbons (Fsp3) is 0.211. The lowest BCUT2D eigenvalue weighted by Gasteiger charge is -2.06. The molecule has 118 valence electrons. The number of carbonyl (C=O) groups excluding carboxylic acids is 1. The predicted molar refractivity (Wildman–Crippen MR) is 92.7 cm³/mol. The van der Waals surface area contributed by atoms with E-state index in [-0.39, 0.29) is 5.91 Å². The molecule has 0 saturated carbocycles. The number of nitrogens with one attached hydrogen (secondary N) is 1. The number of amides is 1. The smallest absolute Gasteiger partial charge is 0.224 e. The Morgan fingerprint density at radius 3 is 2.70 bits per heavy atom.